The summed E-state index contributed by atoms with van der Waals surface area (Å²) in [4.78, 5) is 63.8. The second kappa shape index (κ2) is 15.8. The molecule has 4 heterocycles. The van der Waals surface area contributed by atoms with Crippen LogP contribution in [-0.2, 0) is 27.3 Å². The molecule has 3 aliphatic rings. The highest BCUT2D eigenvalue weighted by atomic mass is 16.7. The number of likely N-dealkylation sites (tertiary alicyclic amines) is 1. The molecule has 0 saturated carbocycles. The summed E-state index contributed by atoms with van der Waals surface area (Å²) in [7, 11) is 0. The van der Waals surface area contributed by atoms with E-state index < -0.39 is 6.04 Å². The van der Waals surface area contributed by atoms with Crippen molar-refractivity contribution in [3.63, 3.8) is 0 Å². The Labute approximate surface area is 280 Å². The highest BCUT2D eigenvalue weighted by molar-refractivity contribution is 5.95. The summed E-state index contributed by atoms with van der Waals surface area (Å²) in [5, 5.41) is 7.13. The fourth-order valence-corrected chi connectivity index (χ4v) is 6.70. The van der Waals surface area contributed by atoms with Gasteiger partial charge in [0.2, 0.25) is 24.5 Å². The number of nitrogens with zero attached hydrogens (tertiary/aromatic N) is 6. The number of carbonyl (C=O) groups excluding carboxylic acids is 4. The SMILES string of the molecule is O=C1NCCCCN(C(=O)CCc2ccc3c(c2)OCO3)CCCN(C(=O)c2ccccc2)[C@H]2C[C@@H]1N(C(=O)CCCn1cncn1)C2. The van der Waals surface area contributed by atoms with E-state index in [2.05, 4.69) is 15.4 Å². The number of hydrogen-bond donors (Lipinski definition) is 1. The molecule has 48 heavy (non-hydrogen) atoms. The molecule has 2 bridgehead atoms. The van der Waals surface area contributed by atoms with Crippen molar-refractivity contribution in [2.75, 3.05) is 39.5 Å². The maximum Gasteiger partial charge on any atom is 0.254 e. The van der Waals surface area contributed by atoms with E-state index >= 15 is 0 Å². The summed E-state index contributed by atoms with van der Waals surface area (Å²) in [6.45, 7) is 2.93. The number of benzene rings is 2. The Morgan fingerprint density at radius 1 is 0.896 bits per heavy atom. The summed E-state index contributed by atoms with van der Waals surface area (Å²) in [6, 6.07) is 13.8. The van der Waals surface area contributed by atoms with E-state index in [1.165, 1.54) is 6.33 Å². The smallest absolute Gasteiger partial charge is 0.254 e. The third-order valence-corrected chi connectivity index (χ3v) is 9.27. The van der Waals surface area contributed by atoms with Gasteiger partial charge in [-0.2, -0.15) is 5.10 Å². The first-order valence-electron chi connectivity index (χ1n) is 16.9. The van der Waals surface area contributed by atoms with Gasteiger partial charge in [0, 0.05) is 57.7 Å². The molecule has 0 aliphatic carbocycles. The second-order valence-corrected chi connectivity index (χ2v) is 12.5. The average Bonchev–Trinajstić information content (AvgIpc) is 3.89. The maximum atomic E-state index is 14.0. The summed E-state index contributed by atoms with van der Waals surface area (Å²) >= 11 is 0. The molecular formula is C35H43N7O6. The van der Waals surface area contributed by atoms with E-state index in [0.29, 0.717) is 88.3 Å². The normalized spacial score (nSPS) is 19.9. The van der Waals surface area contributed by atoms with Gasteiger partial charge < -0.3 is 29.5 Å². The van der Waals surface area contributed by atoms with Crippen molar-refractivity contribution in [3.05, 3.63) is 72.3 Å². The molecule has 254 valence electrons. The minimum atomic E-state index is -0.655. The Kier molecular flexibility index (Phi) is 10.8. The highest BCUT2D eigenvalue weighted by Crippen LogP contribution is 2.33. The Hall–Kier alpha value is -4.94. The second-order valence-electron chi connectivity index (χ2n) is 12.5. The Morgan fingerprint density at radius 3 is 2.56 bits per heavy atom. The highest BCUT2D eigenvalue weighted by Gasteiger charge is 2.42. The van der Waals surface area contributed by atoms with E-state index in [-0.39, 0.29) is 49.4 Å². The zero-order valence-corrected chi connectivity index (χ0v) is 27.2. The third-order valence-electron chi connectivity index (χ3n) is 9.27. The van der Waals surface area contributed by atoms with E-state index in [1.54, 1.807) is 32.9 Å². The van der Waals surface area contributed by atoms with E-state index in [9.17, 15) is 19.2 Å². The molecular weight excluding hydrogens is 614 g/mol. The predicted octanol–water partition coefficient (Wildman–Crippen LogP) is 2.66. The van der Waals surface area contributed by atoms with Crippen LogP contribution in [0.25, 0.3) is 0 Å². The number of nitrogens with one attached hydrogen (secondary N) is 1. The number of carbonyl (C=O) groups is 4. The standard InChI is InChI=1S/C35H43N7O6/c43-32(14-12-26-11-13-30-31(20-26)48-25-47-30)39-16-5-4-15-37-34(45)29-21-28(22-42(29)33(44)10-6-18-40-24-36-23-38-40)41(19-7-17-39)35(46)27-8-2-1-3-9-27/h1-3,8-9,11,13,20,23-24,28-29H,4-7,10,12,14-19,21-22,25H2,(H,37,45)/t28-,29-/m0/s1. The summed E-state index contributed by atoms with van der Waals surface area (Å²) in [5.74, 6) is 0.994. The van der Waals surface area contributed by atoms with Crippen LogP contribution in [0.15, 0.2) is 61.2 Å². The van der Waals surface area contributed by atoms with Gasteiger partial charge in [-0.15, -0.1) is 0 Å². The molecule has 3 aromatic rings. The van der Waals surface area contributed by atoms with Crippen LogP contribution in [-0.4, -0.2) is 105 Å². The molecule has 1 N–H and O–H groups in total. The molecule has 13 nitrogen and oxygen atoms in total. The van der Waals surface area contributed by atoms with Crippen molar-refractivity contribution in [2.24, 2.45) is 0 Å². The van der Waals surface area contributed by atoms with Gasteiger partial charge in [0.25, 0.3) is 5.91 Å². The van der Waals surface area contributed by atoms with Crippen LogP contribution < -0.4 is 14.8 Å². The molecule has 2 atom stereocenters. The van der Waals surface area contributed by atoms with Crippen molar-refractivity contribution >= 4 is 23.6 Å². The number of hydrogen-bond acceptors (Lipinski definition) is 8. The first-order valence-corrected chi connectivity index (χ1v) is 16.9. The number of ether oxygens (including phenoxy) is 2. The lowest BCUT2D eigenvalue weighted by Crippen LogP contribution is -2.46. The Balaban J connectivity index is 1.15. The first kappa shape index (κ1) is 33.0. The molecule has 6 rings (SSSR count). The molecule has 2 aromatic carbocycles. The van der Waals surface area contributed by atoms with Gasteiger partial charge in [-0.05, 0) is 68.4 Å². The first-order chi connectivity index (χ1) is 23.5. The number of aryl methyl sites for hydroxylation is 2. The van der Waals surface area contributed by atoms with E-state index in [4.69, 9.17) is 9.47 Å². The van der Waals surface area contributed by atoms with Gasteiger partial charge in [-0.25, -0.2) is 4.98 Å². The fraction of sp³-hybridized carbons (Fsp3) is 0.486. The minimum absolute atomic E-state index is 0.0494. The van der Waals surface area contributed by atoms with Crippen molar-refractivity contribution in [2.45, 2.75) is 70.0 Å². The van der Waals surface area contributed by atoms with E-state index in [0.717, 1.165) is 12.0 Å². The number of aromatic nitrogens is 3. The van der Waals surface area contributed by atoms with Crippen LogP contribution in [0.1, 0.15) is 60.9 Å². The Bertz CT molecular complexity index is 1570. The Morgan fingerprint density at radius 2 is 1.73 bits per heavy atom. The number of amides is 4. The molecule has 2 fully saturated rings. The molecule has 13 heteroatoms. The van der Waals surface area contributed by atoms with Gasteiger partial charge in [0.05, 0.1) is 6.04 Å². The molecule has 3 aliphatic heterocycles. The molecule has 0 radical (unpaired) electrons. The molecule has 4 amide bonds. The lowest BCUT2D eigenvalue weighted by Gasteiger charge is -2.31. The van der Waals surface area contributed by atoms with Gasteiger partial charge in [-0.1, -0.05) is 24.3 Å². The minimum Gasteiger partial charge on any atom is -0.454 e. The van der Waals surface area contributed by atoms with Crippen molar-refractivity contribution in [3.8, 4) is 11.5 Å². The van der Waals surface area contributed by atoms with Crippen molar-refractivity contribution in [1.29, 1.82) is 0 Å². The quantitative estimate of drug-likeness (QED) is 0.390. The van der Waals surface area contributed by atoms with Gasteiger partial charge in [0.15, 0.2) is 11.5 Å². The zero-order chi connectivity index (χ0) is 33.3. The van der Waals surface area contributed by atoms with Crippen molar-refractivity contribution in [1.82, 2.24) is 34.8 Å². The fourth-order valence-electron chi connectivity index (χ4n) is 6.70. The lowest BCUT2D eigenvalue weighted by atomic mass is 10.1. The topological polar surface area (TPSA) is 139 Å². The summed E-state index contributed by atoms with van der Waals surface area (Å²) in [6.07, 6.45) is 7.17. The number of rotatable bonds is 8. The largest absolute Gasteiger partial charge is 0.454 e. The molecule has 0 unspecified atom stereocenters. The third kappa shape index (κ3) is 8.12. The van der Waals surface area contributed by atoms with Crippen LogP contribution in [0.5, 0.6) is 11.5 Å². The summed E-state index contributed by atoms with van der Waals surface area (Å²) < 4.78 is 12.6. The van der Waals surface area contributed by atoms with Crippen molar-refractivity contribution < 1.29 is 28.7 Å². The van der Waals surface area contributed by atoms with Gasteiger partial charge in [-0.3, -0.25) is 23.9 Å². The van der Waals surface area contributed by atoms with Crippen LogP contribution in [0.4, 0.5) is 0 Å². The van der Waals surface area contributed by atoms with Gasteiger partial charge in [0.1, 0.15) is 18.7 Å². The predicted molar refractivity (Wildman–Crippen MR) is 175 cm³/mol. The number of fused-ring (bicyclic) bond motifs is 3. The molecule has 0 spiro atoms. The molecule has 2 saturated heterocycles. The van der Waals surface area contributed by atoms with Crippen LogP contribution in [0, 0.1) is 0 Å². The maximum absolute atomic E-state index is 14.0. The van der Waals surface area contributed by atoms with E-state index in [1.807, 2.05) is 41.3 Å². The lowest BCUT2D eigenvalue weighted by molar-refractivity contribution is -0.138. The van der Waals surface area contributed by atoms with Crippen LogP contribution in [0.3, 0.4) is 0 Å². The monoisotopic (exact) mass is 657 g/mol. The zero-order valence-electron chi connectivity index (χ0n) is 27.2. The van der Waals surface area contributed by atoms with Crippen LogP contribution in [0.2, 0.25) is 0 Å². The average molecular weight is 658 g/mol. The van der Waals surface area contributed by atoms with Gasteiger partial charge >= 0.3 is 0 Å². The summed E-state index contributed by atoms with van der Waals surface area (Å²) in [5.41, 5.74) is 1.55. The molecule has 1 aromatic heterocycles. The van der Waals surface area contributed by atoms with Crippen LogP contribution >= 0.6 is 0 Å².